The second kappa shape index (κ2) is 10.7. The SMILES string of the molecule is CC1(C)c2ccccc2N(c2ccc(S(=O)(=O)c3ccc(N4c5ccccc5C(C)(C#N)c5ccccc54)cc3)cc2)c2ccccc21. The highest BCUT2D eigenvalue weighted by atomic mass is 32.2. The fraction of sp³-hybridized carbons (Fsp3) is 0.119. The van der Waals surface area contributed by atoms with Crippen molar-refractivity contribution in [2.45, 2.75) is 41.4 Å². The second-order valence-corrected chi connectivity index (χ2v) is 15.0. The summed E-state index contributed by atoms with van der Waals surface area (Å²) in [6.07, 6.45) is 0. The fourth-order valence-electron chi connectivity index (χ4n) is 7.49. The fourth-order valence-corrected chi connectivity index (χ4v) is 8.75. The van der Waals surface area contributed by atoms with E-state index in [1.807, 2.05) is 91.9 Å². The van der Waals surface area contributed by atoms with E-state index in [4.69, 9.17) is 0 Å². The summed E-state index contributed by atoms with van der Waals surface area (Å²) in [5.74, 6) is 0. The molecule has 0 atom stereocenters. The summed E-state index contributed by atoms with van der Waals surface area (Å²) in [7, 11) is -3.80. The summed E-state index contributed by atoms with van der Waals surface area (Å²) in [5.41, 5.74) is 8.95. The lowest BCUT2D eigenvalue weighted by Gasteiger charge is -2.42. The third kappa shape index (κ3) is 4.25. The van der Waals surface area contributed by atoms with Crippen LogP contribution in [0.5, 0.6) is 0 Å². The van der Waals surface area contributed by atoms with Crippen LogP contribution < -0.4 is 9.80 Å². The van der Waals surface area contributed by atoms with E-state index >= 15 is 0 Å². The summed E-state index contributed by atoms with van der Waals surface area (Å²) >= 11 is 0. The van der Waals surface area contributed by atoms with Gasteiger partial charge in [0, 0.05) is 27.9 Å². The monoisotopic (exact) mass is 643 g/mol. The van der Waals surface area contributed by atoms with E-state index in [2.05, 4.69) is 66.1 Å². The maximum absolute atomic E-state index is 13.9. The van der Waals surface area contributed by atoms with Crippen LogP contribution in [0.1, 0.15) is 43.0 Å². The normalized spacial score (nSPS) is 15.4. The summed E-state index contributed by atoms with van der Waals surface area (Å²) in [6, 6.07) is 49.4. The van der Waals surface area contributed by atoms with Crippen LogP contribution >= 0.6 is 0 Å². The molecule has 0 bridgehead atoms. The molecule has 2 heterocycles. The number of fused-ring (bicyclic) bond motifs is 4. The topological polar surface area (TPSA) is 64.4 Å². The van der Waals surface area contributed by atoms with Gasteiger partial charge in [-0.1, -0.05) is 86.6 Å². The average molecular weight is 644 g/mol. The minimum absolute atomic E-state index is 0.174. The number of nitrogens with zero attached hydrogens (tertiary/aromatic N) is 3. The van der Waals surface area contributed by atoms with Crippen LogP contribution in [-0.4, -0.2) is 8.42 Å². The van der Waals surface area contributed by atoms with Crippen LogP contribution in [0.2, 0.25) is 0 Å². The van der Waals surface area contributed by atoms with Crippen LogP contribution in [-0.2, 0) is 20.7 Å². The highest BCUT2D eigenvalue weighted by Gasteiger charge is 2.40. The zero-order chi connectivity index (χ0) is 33.3. The molecule has 0 saturated carbocycles. The van der Waals surface area contributed by atoms with E-state index in [1.54, 1.807) is 24.3 Å². The van der Waals surface area contributed by atoms with E-state index < -0.39 is 15.3 Å². The van der Waals surface area contributed by atoms with Crippen molar-refractivity contribution in [2.75, 3.05) is 9.80 Å². The molecule has 0 aromatic heterocycles. The third-order valence-electron chi connectivity index (χ3n) is 10.0. The maximum atomic E-state index is 13.9. The summed E-state index contributed by atoms with van der Waals surface area (Å²) in [5, 5.41) is 10.3. The third-order valence-corrected chi connectivity index (χ3v) is 11.8. The highest BCUT2D eigenvalue weighted by molar-refractivity contribution is 7.91. The molecule has 0 aliphatic carbocycles. The van der Waals surface area contributed by atoms with Crippen molar-refractivity contribution in [3.8, 4) is 6.07 Å². The van der Waals surface area contributed by atoms with Crippen molar-refractivity contribution in [2.24, 2.45) is 0 Å². The number of benzene rings is 6. The molecule has 6 heteroatoms. The van der Waals surface area contributed by atoms with Gasteiger partial charge >= 0.3 is 0 Å². The molecule has 48 heavy (non-hydrogen) atoms. The van der Waals surface area contributed by atoms with Gasteiger partial charge in [-0.3, -0.25) is 0 Å². The van der Waals surface area contributed by atoms with Crippen molar-refractivity contribution in [1.82, 2.24) is 0 Å². The number of sulfone groups is 1. The first-order chi connectivity index (χ1) is 23.2. The Labute approximate surface area is 281 Å². The molecule has 2 aliphatic heterocycles. The van der Waals surface area contributed by atoms with Gasteiger partial charge in [-0.2, -0.15) is 5.26 Å². The smallest absolute Gasteiger partial charge is 0.206 e. The molecule has 0 unspecified atom stereocenters. The Kier molecular flexibility index (Phi) is 6.63. The van der Waals surface area contributed by atoms with Crippen molar-refractivity contribution in [1.29, 1.82) is 5.26 Å². The first-order valence-electron chi connectivity index (χ1n) is 16.0. The van der Waals surface area contributed by atoms with E-state index in [-0.39, 0.29) is 15.2 Å². The average Bonchev–Trinajstić information content (AvgIpc) is 3.12. The molecule has 0 spiro atoms. The Morgan fingerprint density at radius 3 is 1.15 bits per heavy atom. The Bertz CT molecular complexity index is 2280. The first kappa shape index (κ1) is 29.7. The zero-order valence-corrected chi connectivity index (χ0v) is 27.7. The molecule has 0 fully saturated rings. The van der Waals surface area contributed by atoms with Crippen LogP contribution in [0.4, 0.5) is 34.1 Å². The zero-order valence-electron chi connectivity index (χ0n) is 26.9. The molecule has 6 aromatic carbocycles. The Balaban J connectivity index is 1.15. The van der Waals surface area contributed by atoms with E-state index in [0.717, 1.165) is 45.3 Å². The van der Waals surface area contributed by atoms with E-state index in [9.17, 15) is 13.7 Å². The van der Waals surface area contributed by atoms with Crippen molar-refractivity contribution >= 4 is 44.0 Å². The van der Waals surface area contributed by atoms with Gasteiger partial charge in [0.05, 0.1) is 38.6 Å². The number of nitriles is 1. The quantitative estimate of drug-likeness (QED) is 0.191. The van der Waals surface area contributed by atoms with E-state index in [0.29, 0.717) is 0 Å². The van der Waals surface area contributed by atoms with Crippen LogP contribution in [0.25, 0.3) is 0 Å². The summed E-state index contributed by atoms with van der Waals surface area (Å²) < 4.78 is 27.9. The molecular weight excluding hydrogens is 611 g/mol. The minimum Gasteiger partial charge on any atom is -0.310 e. The van der Waals surface area contributed by atoms with Crippen molar-refractivity contribution < 1.29 is 8.42 Å². The van der Waals surface area contributed by atoms with E-state index in [1.165, 1.54) is 11.1 Å². The maximum Gasteiger partial charge on any atom is 0.206 e. The highest BCUT2D eigenvalue weighted by Crippen LogP contribution is 2.53. The lowest BCUT2D eigenvalue weighted by molar-refractivity contribution is 0.596. The number of hydrogen-bond donors (Lipinski definition) is 0. The van der Waals surface area contributed by atoms with Gasteiger partial charge in [-0.15, -0.1) is 0 Å². The number of hydrogen-bond acceptors (Lipinski definition) is 5. The molecule has 6 aromatic rings. The molecular formula is C42H33N3O2S. The van der Waals surface area contributed by atoms with Crippen molar-refractivity contribution in [3.63, 3.8) is 0 Å². The lowest BCUT2D eigenvalue weighted by Crippen LogP contribution is -2.31. The van der Waals surface area contributed by atoms with Gasteiger partial charge in [-0.05, 0) is 90.8 Å². The molecule has 2 aliphatic rings. The van der Waals surface area contributed by atoms with Gasteiger partial charge < -0.3 is 9.80 Å². The van der Waals surface area contributed by atoms with Gasteiger partial charge in [-0.25, -0.2) is 8.42 Å². The van der Waals surface area contributed by atoms with Gasteiger partial charge in [0.15, 0.2) is 0 Å². The van der Waals surface area contributed by atoms with Crippen molar-refractivity contribution in [3.05, 3.63) is 168 Å². The molecule has 0 saturated heterocycles. The lowest BCUT2D eigenvalue weighted by atomic mass is 9.73. The predicted molar refractivity (Wildman–Crippen MR) is 192 cm³/mol. The Hall–Kier alpha value is -5.64. The summed E-state index contributed by atoms with van der Waals surface area (Å²) in [6.45, 7) is 6.44. The van der Waals surface area contributed by atoms with Crippen LogP contribution in [0.3, 0.4) is 0 Å². The predicted octanol–water partition coefficient (Wildman–Crippen LogP) is 10.2. The molecule has 234 valence electrons. The molecule has 0 N–H and O–H groups in total. The standard InChI is InChI=1S/C42H33N3O2S/c1-41(2)33-12-4-8-16-37(33)44(38-17-9-5-13-34(38)41)29-20-24-31(25-21-29)48(46,47)32-26-22-30(23-27-32)45-39-18-10-6-14-35(39)42(3,28-43)36-15-7-11-19-40(36)45/h4-27H,1-3H3. The summed E-state index contributed by atoms with van der Waals surface area (Å²) in [4.78, 5) is 4.77. The second-order valence-electron chi connectivity index (χ2n) is 13.1. The molecule has 0 amide bonds. The molecule has 0 radical (unpaired) electrons. The Morgan fingerprint density at radius 2 is 0.792 bits per heavy atom. The largest absolute Gasteiger partial charge is 0.310 e. The Morgan fingerprint density at radius 1 is 0.479 bits per heavy atom. The van der Waals surface area contributed by atoms with Crippen LogP contribution in [0, 0.1) is 11.3 Å². The number of rotatable bonds is 4. The minimum atomic E-state index is -3.80. The number of anilines is 6. The van der Waals surface area contributed by atoms with Gasteiger partial charge in [0.1, 0.15) is 5.41 Å². The number of para-hydroxylation sites is 4. The first-order valence-corrected chi connectivity index (χ1v) is 17.5. The van der Waals surface area contributed by atoms with Gasteiger partial charge in [0.2, 0.25) is 9.84 Å². The molecule has 5 nitrogen and oxygen atoms in total. The van der Waals surface area contributed by atoms with Gasteiger partial charge in [0.25, 0.3) is 0 Å². The van der Waals surface area contributed by atoms with Crippen LogP contribution in [0.15, 0.2) is 155 Å². The molecule has 8 rings (SSSR count).